The van der Waals surface area contributed by atoms with Gasteiger partial charge in [-0.25, -0.2) is 9.78 Å². The molecule has 0 saturated heterocycles. The number of carbonyl (C=O) groups excluding carboxylic acids is 2. The topological polar surface area (TPSA) is 72.0 Å². The monoisotopic (exact) mass is 477 g/mol. The highest BCUT2D eigenvalue weighted by Gasteiger charge is 2.22. The van der Waals surface area contributed by atoms with Crippen molar-refractivity contribution in [3.8, 4) is 5.75 Å². The molecule has 32 heavy (non-hydrogen) atoms. The van der Waals surface area contributed by atoms with Gasteiger partial charge in [0.25, 0.3) is 5.91 Å². The second-order valence-electron chi connectivity index (χ2n) is 7.21. The molecule has 0 aliphatic rings. The number of nitrogens with zero attached hydrogens (tertiary/aromatic N) is 3. The number of aromatic nitrogens is 1. The molecule has 1 heterocycles. The van der Waals surface area contributed by atoms with Gasteiger partial charge in [0, 0.05) is 12.1 Å². The molecular formula is C23H28ClN3O4S. The summed E-state index contributed by atoms with van der Waals surface area (Å²) in [5, 5.41) is 0.628. The van der Waals surface area contributed by atoms with Crippen LogP contribution >= 0.6 is 23.7 Å². The number of esters is 1. The first-order valence-electron chi connectivity index (χ1n) is 10.1. The fourth-order valence-electron chi connectivity index (χ4n) is 3.15. The highest BCUT2D eigenvalue weighted by atomic mass is 35.5. The average molecular weight is 478 g/mol. The molecule has 1 amide bonds. The smallest absolute Gasteiger partial charge is 0.337 e. The van der Waals surface area contributed by atoms with Crippen LogP contribution in [0.25, 0.3) is 10.2 Å². The van der Waals surface area contributed by atoms with Gasteiger partial charge < -0.3 is 14.4 Å². The largest absolute Gasteiger partial charge is 0.492 e. The van der Waals surface area contributed by atoms with Gasteiger partial charge in [0.05, 0.1) is 24.0 Å². The van der Waals surface area contributed by atoms with Crippen molar-refractivity contribution in [2.45, 2.75) is 13.3 Å². The highest BCUT2D eigenvalue weighted by Crippen LogP contribution is 2.35. The van der Waals surface area contributed by atoms with Gasteiger partial charge in [0.15, 0.2) is 5.13 Å². The van der Waals surface area contributed by atoms with Gasteiger partial charge in [-0.3, -0.25) is 9.69 Å². The summed E-state index contributed by atoms with van der Waals surface area (Å²) >= 11 is 1.47. The Bertz CT molecular complexity index is 1050. The number of hydrogen-bond acceptors (Lipinski definition) is 7. The fourth-order valence-corrected chi connectivity index (χ4v) is 4.16. The van der Waals surface area contributed by atoms with Crippen molar-refractivity contribution in [3.63, 3.8) is 0 Å². The average Bonchev–Trinajstić information content (AvgIpc) is 3.21. The van der Waals surface area contributed by atoms with Crippen molar-refractivity contribution in [2.24, 2.45) is 0 Å². The summed E-state index contributed by atoms with van der Waals surface area (Å²) in [4.78, 5) is 33.6. The number of methoxy groups -OCH3 is 1. The molecule has 0 radical (unpaired) electrons. The van der Waals surface area contributed by atoms with E-state index in [1.165, 1.54) is 18.4 Å². The van der Waals surface area contributed by atoms with Gasteiger partial charge in [-0.05, 0) is 70.4 Å². The molecule has 0 bridgehead atoms. The van der Waals surface area contributed by atoms with Crippen molar-refractivity contribution in [2.75, 3.05) is 45.8 Å². The Labute approximate surface area is 198 Å². The molecule has 0 aliphatic carbocycles. The lowest BCUT2D eigenvalue weighted by Crippen LogP contribution is -2.33. The van der Waals surface area contributed by atoms with Crippen LogP contribution < -0.4 is 9.64 Å². The minimum absolute atomic E-state index is 0. The van der Waals surface area contributed by atoms with Crippen molar-refractivity contribution in [1.82, 2.24) is 9.88 Å². The summed E-state index contributed by atoms with van der Waals surface area (Å²) in [6, 6.07) is 12.3. The predicted molar refractivity (Wildman–Crippen MR) is 131 cm³/mol. The van der Waals surface area contributed by atoms with Gasteiger partial charge in [-0.1, -0.05) is 17.4 Å². The van der Waals surface area contributed by atoms with Crippen LogP contribution in [0.2, 0.25) is 0 Å². The first kappa shape index (κ1) is 25.6. The van der Waals surface area contributed by atoms with E-state index in [0.717, 1.165) is 23.2 Å². The number of fused-ring (bicyclic) bond motifs is 1. The Kier molecular flexibility index (Phi) is 9.43. The maximum atomic E-state index is 13.4. The van der Waals surface area contributed by atoms with Crippen molar-refractivity contribution < 1.29 is 19.1 Å². The summed E-state index contributed by atoms with van der Waals surface area (Å²) in [6.45, 7) is 3.85. The Morgan fingerprint density at radius 3 is 2.34 bits per heavy atom. The van der Waals surface area contributed by atoms with Crippen LogP contribution in [0.4, 0.5) is 5.13 Å². The Morgan fingerprint density at radius 2 is 1.72 bits per heavy atom. The number of para-hydroxylation sites is 1. The maximum Gasteiger partial charge on any atom is 0.337 e. The normalized spacial score (nSPS) is 10.7. The van der Waals surface area contributed by atoms with Gasteiger partial charge in [-0.2, -0.15) is 0 Å². The Balaban J connectivity index is 0.00000363. The molecule has 0 fully saturated rings. The molecule has 7 nitrogen and oxygen atoms in total. The third-order valence-electron chi connectivity index (χ3n) is 4.69. The molecular weight excluding hydrogens is 450 g/mol. The van der Waals surface area contributed by atoms with Crippen LogP contribution in [-0.2, 0) is 4.74 Å². The minimum Gasteiger partial charge on any atom is -0.492 e. The van der Waals surface area contributed by atoms with Crippen LogP contribution in [0.1, 0.15) is 34.1 Å². The summed E-state index contributed by atoms with van der Waals surface area (Å²) in [7, 11) is 5.34. The third kappa shape index (κ3) is 5.97. The number of ether oxygens (including phenoxy) is 2. The molecule has 0 spiro atoms. The molecule has 0 saturated carbocycles. The van der Waals surface area contributed by atoms with Crippen LogP contribution in [0, 0.1) is 0 Å². The molecule has 0 unspecified atom stereocenters. The number of rotatable bonds is 9. The van der Waals surface area contributed by atoms with E-state index in [9.17, 15) is 9.59 Å². The molecule has 1 aromatic heterocycles. The van der Waals surface area contributed by atoms with Crippen LogP contribution in [0.15, 0.2) is 42.5 Å². The van der Waals surface area contributed by atoms with Crippen molar-refractivity contribution in [3.05, 3.63) is 53.6 Å². The molecule has 3 aromatic rings. The van der Waals surface area contributed by atoms with E-state index in [0.29, 0.717) is 35.2 Å². The third-order valence-corrected chi connectivity index (χ3v) is 5.73. The van der Waals surface area contributed by atoms with Crippen LogP contribution in [0.3, 0.4) is 0 Å². The van der Waals surface area contributed by atoms with Crippen molar-refractivity contribution in [1.29, 1.82) is 0 Å². The molecule has 0 aliphatic heterocycles. The summed E-state index contributed by atoms with van der Waals surface area (Å²) in [6.07, 6.45) is 0.799. The summed E-state index contributed by atoms with van der Waals surface area (Å²) < 4.78 is 11.4. The predicted octanol–water partition coefficient (Wildman–Crippen LogP) is 4.50. The fraction of sp³-hybridized carbons (Fsp3) is 0.348. The van der Waals surface area contributed by atoms with Gasteiger partial charge >= 0.3 is 5.97 Å². The number of carbonyl (C=O) groups is 2. The van der Waals surface area contributed by atoms with E-state index in [1.54, 1.807) is 29.2 Å². The summed E-state index contributed by atoms with van der Waals surface area (Å²) in [5.74, 6) is 0.120. The molecule has 0 N–H and O–H groups in total. The van der Waals surface area contributed by atoms with Gasteiger partial charge in [-0.15, -0.1) is 12.4 Å². The number of amides is 1. The van der Waals surface area contributed by atoms with Gasteiger partial charge in [0.2, 0.25) is 0 Å². The lowest BCUT2D eigenvalue weighted by molar-refractivity contribution is 0.0600. The van der Waals surface area contributed by atoms with Crippen LogP contribution in [-0.4, -0.2) is 62.7 Å². The number of halogens is 1. The second-order valence-corrected chi connectivity index (χ2v) is 8.22. The van der Waals surface area contributed by atoms with E-state index in [1.807, 2.05) is 39.2 Å². The lowest BCUT2D eigenvalue weighted by Gasteiger charge is -2.21. The Morgan fingerprint density at radius 1 is 1.03 bits per heavy atom. The number of benzene rings is 2. The molecule has 9 heteroatoms. The number of hydrogen-bond donors (Lipinski definition) is 0. The zero-order valence-electron chi connectivity index (χ0n) is 18.7. The SMILES string of the molecule is CCOc1cccc2sc(N(CCCN(C)C)C(=O)c3ccc(C(=O)OC)cc3)nc12.Cl. The maximum absolute atomic E-state index is 13.4. The van der Waals surface area contributed by atoms with E-state index in [4.69, 9.17) is 14.5 Å². The lowest BCUT2D eigenvalue weighted by atomic mass is 10.1. The van der Waals surface area contributed by atoms with Crippen LogP contribution in [0.5, 0.6) is 5.75 Å². The zero-order chi connectivity index (χ0) is 22.4. The highest BCUT2D eigenvalue weighted by molar-refractivity contribution is 7.22. The first-order valence-corrected chi connectivity index (χ1v) is 10.9. The molecule has 172 valence electrons. The summed E-state index contributed by atoms with van der Waals surface area (Å²) in [5.41, 5.74) is 1.65. The van der Waals surface area contributed by atoms with Gasteiger partial charge in [0.1, 0.15) is 11.3 Å². The number of thiazole rings is 1. The number of anilines is 1. The van der Waals surface area contributed by atoms with E-state index >= 15 is 0 Å². The standard InChI is InChI=1S/C23H27N3O4S.ClH/c1-5-30-18-8-6-9-19-20(18)24-23(31-19)26(15-7-14-25(2)3)21(27)16-10-12-17(13-11-16)22(28)29-4;/h6,8-13H,5,7,14-15H2,1-4H3;1H. The molecule has 0 atom stereocenters. The Hall–Kier alpha value is -2.68. The van der Waals surface area contributed by atoms with E-state index in [-0.39, 0.29) is 18.3 Å². The first-order chi connectivity index (χ1) is 14.9. The van der Waals surface area contributed by atoms with E-state index in [2.05, 4.69) is 4.90 Å². The van der Waals surface area contributed by atoms with E-state index < -0.39 is 5.97 Å². The zero-order valence-corrected chi connectivity index (χ0v) is 20.3. The molecule has 2 aromatic carbocycles. The molecule has 3 rings (SSSR count). The minimum atomic E-state index is -0.434. The second kappa shape index (κ2) is 11.8. The van der Waals surface area contributed by atoms with Crippen molar-refractivity contribution >= 4 is 51.0 Å². The quantitative estimate of drug-likeness (QED) is 0.422.